The van der Waals surface area contributed by atoms with E-state index >= 15 is 0 Å². The monoisotopic (exact) mass is 336 g/mol. The minimum Gasteiger partial charge on any atom is -0.465 e. The summed E-state index contributed by atoms with van der Waals surface area (Å²) in [7, 11) is 1.37. The summed E-state index contributed by atoms with van der Waals surface area (Å²) in [5, 5.41) is 6.97. The number of esters is 1. The second kappa shape index (κ2) is 7.28. The standard InChI is InChI=1S/C14H16N4O2S2/c1-4-9-8(2)22-12(11(9)13(19)20-3)18-14(21)17-10-7-15-5-6-16-10/h5-7H,4H2,1-3H3,(H2,16,17,18,21). The van der Waals surface area contributed by atoms with Gasteiger partial charge in [-0.15, -0.1) is 11.3 Å². The van der Waals surface area contributed by atoms with Crippen LogP contribution in [0.3, 0.4) is 0 Å². The number of carbonyl (C=O) groups excluding carboxylic acids is 1. The van der Waals surface area contributed by atoms with Gasteiger partial charge in [-0.05, 0) is 31.1 Å². The van der Waals surface area contributed by atoms with E-state index in [0.717, 1.165) is 16.9 Å². The van der Waals surface area contributed by atoms with Crippen molar-refractivity contribution in [2.24, 2.45) is 0 Å². The van der Waals surface area contributed by atoms with Crippen LogP contribution in [0.5, 0.6) is 0 Å². The third-order valence-electron chi connectivity index (χ3n) is 2.98. The lowest BCUT2D eigenvalue weighted by atomic mass is 10.1. The molecule has 0 unspecified atom stereocenters. The molecule has 0 saturated carbocycles. The molecule has 0 aromatic carbocycles. The Hall–Kier alpha value is -2.06. The third kappa shape index (κ3) is 3.58. The van der Waals surface area contributed by atoms with Crippen LogP contribution >= 0.6 is 23.6 Å². The van der Waals surface area contributed by atoms with E-state index in [9.17, 15) is 4.79 Å². The maximum atomic E-state index is 12.0. The summed E-state index contributed by atoms with van der Waals surface area (Å²) >= 11 is 6.73. The van der Waals surface area contributed by atoms with Gasteiger partial charge in [0.05, 0.1) is 18.9 Å². The molecule has 2 rings (SSSR count). The quantitative estimate of drug-likeness (QED) is 0.656. The van der Waals surface area contributed by atoms with Crippen molar-refractivity contribution >= 4 is 45.5 Å². The number of anilines is 2. The lowest BCUT2D eigenvalue weighted by Crippen LogP contribution is -2.20. The fourth-order valence-corrected chi connectivity index (χ4v) is 3.43. The molecule has 0 spiro atoms. The molecule has 22 heavy (non-hydrogen) atoms. The van der Waals surface area contributed by atoms with Crippen LogP contribution in [-0.4, -0.2) is 28.2 Å². The van der Waals surface area contributed by atoms with Crippen molar-refractivity contribution < 1.29 is 9.53 Å². The average molecular weight is 336 g/mol. The van der Waals surface area contributed by atoms with Gasteiger partial charge in [0.2, 0.25) is 0 Å². The fraction of sp³-hybridized carbons (Fsp3) is 0.286. The molecule has 116 valence electrons. The molecular formula is C14H16N4O2S2. The number of rotatable bonds is 4. The molecule has 0 aliphatic rings. The number of methoxy groups -OCH3 is 1. The highest BCUT2D eigenvalue weighted by atomic mass is 32.1. The number of hydrogen-bond donors (Lipinski definition) is 2. The van der Waals surface area contributed by atoms with Crippen LogP contribution in [0.25, 0.3) is 0 Å². The number of aryl methyl sites for hydroxylation is 1. The lowest BCUT2D eigenvalue weighted by molar-refractivity contribution is 0.0601. The molecule has 0 saturated heterocycles. The van der Waals surface area contributed by atoms with Crippen LogP contribution in [0, 0.1) is 6.92 Å². The zero-order valence-corrected chi connectivity index (χ0v) is 14.1. The lowest BCUT2D eigenvalue weighted by Gasteiger charge is -2.10. The molecule has 0 bridgehead atoms. The summed E-state index contributed by atoms with van der Waals surface area (Å²) in [6, 6.07) is 0. The van der Waals surface area contributed by atoms with Gasteiger partial charge in [0.15, 0.2) is 10.9 Å². The average Bonchev–Trinajstić information content (AvgIpc) is 2.82. The summed E-state index contributed by atoms with van der Waals surface area (Å²) in [4.78, 5) is 21.1. The van der Waals surface area contributed by atoms with E-state index < -0.39 is 0 Å². The van der Waals surface area contributed by atoms with Gasteiger partial charge in [0.25, 0.3) is 0 Å². The number of thiophene rings is 1. The molecule has 2 N–H and O–H groups in total. The second-order valence-electron chi connectivity index (χ2n) is 4.36. The smallest absolute Gasteiger partial charge is 0.341 e. The topological polar surface area (TPSA) is 76.1 Å². The molecule has 6 nitrogen and oxygen atoms in total. The Labute approximate surface area is 137 Å². The number of hydrogen-bond acceptors (Lipinski definition) is 6. The summed E-state index contributed by atoms with van der Waals surface area (Å²) in [5.74, 6) is 0.162. The van der Waals surface area contributed by atoms with Crippen LogP contribution in [0.1, 0.15) is 27.7 Å². The van der Waals surface area contributed by atoms with Crippen LogP contribution < -0.4 is 10.6 Å². The first-order chi connectivity index (χ1) is 10.6. The number of thiocarbonyl (C=S) groups is 1. The molecule has 0 aliphatic carbocycles. The first-order valence-corrected chi connectivity index (χ1v) is 7.83. The predicted octanol–water partition coefficient (Wildman–Crippen LogP) is 3.00. The van der Waals surface area contributed by atoms with Crippen molar-refractivity contribution in [2.75, 3.05) is 17.7 Å². The van der Waals surface area contributed by atoms with E-state index in [1.165, 1.54) is 18.4 Å². The minimum absolute atomic E-state index is 0.342. The van der Waals surface area contributed by atoms with E-state index in [-0.39, 0.29) is 5.97 Å². The Morgan fingerprint density at radius 2 is 2.18 bits per heavy atom. The van der Waals surface area contributed by atoms with Gasteiger partial charge in [-0.2, -0.15) is 0 Å². The Balaban J connectivity index is 2.22. The Morgan fingerprint density at radius 3 is 2.77 bits per heavy atom. The molecule has 0 fully saturated rings. The van der Waals surface area contributed by atoms with Crippen LogP contribution in [0.2, 0.25) is 0 Å². The fourth-order valence-electron chi connectivity index (χ4n) is 2.02. The first-order valence-electron chi connectivity index (χ1n) is 6.61. The van der Waals surface area contributed by atoms with Gasteiger partial charge in [0.1, 0.15) is 5.00 Å². The van der Waals surface area contributed by atoms with Gasteiger partial charge in [-0.25, -0.2) is 9.78 Å². The number of nitrogens with one attached hydrogen (secondary N) is 2. The molecule has 8 heteroatoms. The van der Waals surface area contributed by atoms with Crippen molar-refractivity contribution in [3.63, 3.8) is 0 Å². The molecule has 2 heterocycles. The third-order valence-corrected chi connectivity index (χ3v) is 4.25. The SMILES string of the molecule is CCc1c(C)sc(NC(=S)Nc2cnccn2)c1C(=O)OC. The van der Waals surface area contributed by atoms with Crippen LogP contribution in [-0.2, 0) is 11.2 Å². The van der Waals surface area contributed by atoms with Crippen molar-refractivity contribution in [1.82, 2.24) is 9.97 Å². The summed E-state index contributed by atoms with van der Waals surface area (Å²) < 4.78 is 4.87. The maximum Gasteiger partial charge on any atom is 0.341 e. The van der Waals surface area contributed by atoms with Crippen molar-refractivity contribution in [3.05, 3.63) is 34.6 Å². The van der Waals surface area contributed by atoms with Gasteiger partial charge in [-0.3, -0.25) is 4.98 Å². The van der Waals surface area contributed by atoms with Gasteiger partial charge in [0, 0.05) is 17.3 Å². The van der Waals surface area contributed by atoms with Crippen LogP contribution in [0.15, 0.2) is 18.6 Å². The number of aromatic nitrogens is 2. The molecular weight excluding hydrogens is 320 g/mol. The van der Waals surface area contributed by atoms with Crippen molar-refractivity contribution in [1.29, 1.82) is 0 Å². The normalized spacial score (nSPS) is 10.1. The molecule has 2 aromatic heterocycles. The Bertz CT molecular complexity index is 686. The van der Waals surface area contributed by atoms with E-state index in [1.807, 2.05) is 13.8 Å². The number of nitrogens with zero attached hydrogens (tertiary/aromatic N) is 2. The molecule has 0 aliphatic heterocycles. The van der Waals surface area contributed by atoms with E-state index in [2.05, 4.69) is 20.6 Å². The highest BCUT2D eigenvalue weighted by molar-refractivity contribution is 7.80. The van der Waals surface area contributed by atoms with Crippen molar-refractivity contribution in [3.8, 4) is 0 Å². The predicted molar refractivity (Wildman–Crippen MR) is 91.6 cm³/mol. The second-order valence-corrected chi connectivity index (χ2v) is 5.99. The molecule has 0 radical (unpaired) electrons. The number of carbonyl (C=O) groups is 1. The van der Waals surface area contributed by atoms with Crippen molar-refractivity contribution in [2.45, 2.75) is 20.3 Å². The van der Waals surface area contributed by atoms with Gasteiger partial charge >= 0.3 is 5.97 Å². The summed E-state index contributed by atoms with van der Waals surface area (Å²) in [6.07, 6.45) is 5.45. The Morgan fingerprint density at radius 1 is 1.41 bits per heavy atom. The highest BCUT2D eigenvalue weighted by Gasteiger charge is 2.22. The van der Waals surface area contributed by atoms with Crippen LogP contribution in [0.4, 0.5) is 10.8 Å². The van der Waals surface area contributed by atoms with E-state index in [0.29, 0.717) is 21.5 Å². The number of ether oxygens (including phenoxy) is 1. The summed E-state index contributed by atoms with van der Waals surface area (Å²) in [5.41, 5.74) is 1.51. The molecule has 0 atom stereocenters. The Kier molecular flexibility index (Phi) is 5.40. The molecule has 2 aromatic rings. The van der Waals surface area contributed by atoms with E-state index in [4.69, 9.17) is 17.0 Å². The maximum absolute atomic E-state index is 12.0. The van der Waals surface area contributed by atoms with Gasteiger partial charge in [-0.1, -0.05) is 6.92 Å². The summed E-state index contributed by atoms with van der Waals surface area (Å²) in [6.45, 7) is 3.97. The molecule has 0 amide bonds. The van der Waals surface area contributed by atoms with Gasteiger partial charge < -0.3 is 15.4 Å². The zero-order chi connectivity index (χ0) is 16.1. The minimum atomic E-state index is -0.369. The highest BCUT2D eigenvalue weighted by Crippen LogP contribution is 2.34. The van der Waals surface area contributed by atoms with E-state index in [1.54, 1.807) is 18.6 Å². The zero-order valence-electron chi connectivity index (χ0n) is 12.5. The first kappa shape index (κ1) is 16.3. The largest absolute Gasteiger partial charge is 0.465 e.